The zero-order valence-corrected chi connectivity index (χ0v) is 16.8. The molecule has 2 heteroatoms. The monoisotopic (exact) mass is 332 g/mol. The van der Waals surface area contributed by atoms with Crippen LogP contribution in [0.15, 0.2) is 12.1 Å². The predicted molar refractivity (Wildman–Crippen MR) is 103 cm³/mol. The Bertz CT molecular complexity index is 562. The second kappa shape index (κ2) is 8.18. The van der Waals surface area contributed by atoms with Crippen molar-refractivity contribution in [2.45, 2.75) is 87.0 Å². The minimum atomic E-state index is -0.701. The molecule has 0 aromatic heterocycles. The Labute approximate surface area is 148 Å². The lowest BCUT2D eigenvalue weighted by molar-refractivity contribution is -0.147. The van der Waals surface area contributed by atoms with E-state index in [9.17, 15) is 9.90 Å². The van der Waals surface area contributed by atoms with Gasteiger partial charge in [-0.05, 0) is 88.3 Å². The molecule has 0 atom stereocenters. The number of aryl methyl sites for hydroxylation is 3. The molecule has 0 heterocycles. The summed E-state index contributed by atoms with van der Waals surface area (Å²) < 4.78 is 0. The van der Waals surface area contributed by atoms with Gasteiger partial charge in [0.25, 0.3) is 0 Å². The van der Waals surface area contributed by atoms with Crippen LogP contribution in [0.25, 0.3) is 0 Å². The van der Waals surface area contributed by atoms with Gasteiger partial charge >= 0.3 is 5.97 Å². The van der Waals surface area contributed by atoms with Gasteiger partial charge in [0.15, 0.2) is 0 Å². The maximum absolute atomic E-state index is 11.3. The van der Waals surface area contributed by atoms with E-state index in [4.69, 9.17) is 0 Å². The van der Waals surface area contributed by atoms with Crippen LogP contribution >= 0.6 is 0 Å². The molecule has 1 rings (SSSR count). The van der Waals surface area contributed by atoms with Crippen LogP contribution in [0.4, 0.5) is 0 Å². The molecular formula is C22H36O2. The molecule has 0 radical (unpaired) electrons. The maximum atomic E-state index is 11.3. The maximum Gasteiger partial charge on any atom is 0.309 e. The van der Waals surface area contributed by atoms with E-state index in [1.165, 1.54) is 35.1 Å². The lowest BCUT2D eigenvalue weighted by atomic mass is 9.84. The van der Waals surface area contributed by atoms with Gasteiger partial charge < -0.3 is 5.11 Å². The number of hydrogen-bond acceptors (Lipinski definition) is 1. The van der Waals surface area contributed by atoms with Crippen molar-refractivity contribution in [1.82, 2.24) is 0 Å². The van der Waals surface area contributed by atoms with Gasteiger partial charge in [0.1, 0.15) is 0 Å². The number of aliphatic carboxylic acids is 1. The predicted octanol–water partition coefficient (Wildman–Crippen LogP) is 6.11. The average molecular weight is 333 g/mol. The summed E-state index contributed by atoms with van der Waals surface area (Å²) in [5.41, 5.74) is 5.34. The van der Waals surface area contributed by atoms with Crippen molar-refractivity contribution < 1.29 is 9.90 Å². The first-order chi connectivity index (χ1) is 10.9. The van der Waals surface area contributed by atoms with Crippen LogP contribution in [0, 0.1) is 24.7 Å². The standard InChI is InChI=1S/C22H36O2/c1-16-14-17(2)19(11-9-12-21(3,4)5)18(15-16)10-8-13-22(6,7)20(23)24/h14-15H,8-13H2,1-7H3,(H,23,24). The van der Waals surface area contributed by atoms with Gasteiger partial charge in [0, 0.05) is 0 Å². The van der Waals surface area contributed by atoms with Crippen molar-refractivity contribution in [3.63, 3.8) is 0 Å². The van der Waals surface area contributed by atoms with Crippen LogP contribution in [0.5, 0.6) is 0 Å². The third-order valence-electron chi connectivity index (χ3n) is 4.89. The van der Waals surface area contributed by atoms with Gasteiger partial charge in [-0.15, -0.1) is 0 Å². The smallest absolute Gasteiger partial charge is 0.309 e. The second-order valence-corrected chi connectivity index (χ2v) is 9.18. The Morgan fingerprint density at radius 1 is 0.958 bits per heavy atom. The van der Waals surface area contributed by atoms with Crippen LogP contribution in [-0.2, 0) is 17.6 Å². The highest BCUT2D eigenvalue weighted by Gasteiger charge is 2.26. The molecule has 0 saturated heterocycles. The van der Waals surface area contributed by atoms with Crippen LogP contribution < -0.4 is 0 Å². The third-order valence-corrected chi connectivity index (χ3v) is 4.89. The van der Waals surface area contributed by atoms with E-state index in [1.807, 2.05) is 13.8 Å². The molecule has 0 unspecified atom stereocenters. The molecule has 0 saturated carbocycles. The Morgan fingerprint density at radius 3 is 2.08 bits per heavy atom. The number of benzene rings is 1. The molecule has 0 bridgehead atoms. The van der Waals surface area contributed by atoms with Gasteiger partial charge in [-0.3, -0.25) is 4.79 Å². The first-order valence-electron chi connectivity index (χ1n) is 9.25. The quantitative estimate of drug-likeness (QED) is 0.624. The Kier molecular flexibility index (Phi) is 7.07. The third kappa shape index (κ3) is 6.67. The average Bonchev–Trinajstić information content (AvgIpc) is 2.39. The van der Waals surface area contributed by atoms with Crippen molar-refractivity contribution in [1.29, 1.82) is 0 Å². The van der Waals surface area contributed by atoms with E-state index in [2.05, 4.69) is 46.8 Å². The lowest BCUT2D eigenvalue weighted by Gasteiger charge is -2.21. The molecule has 24 heavy (non-hydrogen) atoms. The number of rotatable bonds is 8. The Morgan fingerprint density at radius 2 is 1.54 bits per heavy atom. The largest absolute Gasteiger partial charge is 0.481 e. The molecule has 0 fully saturated rings. The second-order valence-electron chi connectivity index (χ2n) is 9.18. The molecule has 1 aromatic carbocycles. The molecule has 0 aliphatic carbocycles. The minimum Gasteiger partial charge on any atom is -0.481 e. The normalized spacial score (nSPS) is 12.5. The molecule has 0 spiro atoms. The van der Waals surface area contributed by atoms with Crippen LogP contribution in [-0.4, -0.2) is 11.1 Å². The molecular weight excluding hydrogens is 296 g/mol. The molecule has 2 nitrogen and oxygen atoms in total. The molecule has 0 amide bonds. The molecule has 0 aliphatic heterocycles. The number of hydrogen-bond donors (Lipinski definition) is 1. The number of carboxylic acids is 1. The summed E-state index contributed by atoms with van der Waals surface area (Å²) in [6.45, 7) is 14.9. The van der Waals surface area contributed by atoms with E-state index in [0.717, 1.165) is 25.7 Å². The Hall–Kier alpha value is -1.31. The summed E-state index contributed by atoms with van der Waals surface area (Å²) in [6, 6.07) is 4.57. The van der Waals surface area contributed by atoms with Crippen molar-refractivity contribution in [2.24, 2.45) is 10.8 Å². The highest BCUT2D eigenvalue weighted by Crippen LogP contribution is 2.28. The summed E-state index contributed by atoms with van der Waals surface area (Å²) in [7, 11) is 0. The molecule has 136 valence electrons. The van der Waals surface area contributed by atoms with Gasteiger partial charge in [-0.1, -0.05) is 38.5 Å². The van der Waals surface area contributed by atoms with Crippen molar-refractivity contribution in [3.8, 4) is 0 Å². The summed E-state index contributed by atoms with van der Waals surface area (Å²) in [4.78, 5) is 11.3. The summed E-state index contributed by atoms with van der Waals surface area (Å²) in [6.07, 6.45) is 6.18. The number of carboxylic acid groups (broad SMARTS) is 1. The van der Waals surface area contributed by atoms with Crippen molar-refractivity contribution in [2.75, 3.05) is 0 Å². The molecule has 1 N–H and O–H groups in total. The minimum absolute atomic E-state index is 0.379. The molecule has 0 aliphatic rings. The van der Waals surface area contributed by atoms with Gasteiger partial charge in [-0.2, -0.15) is 0 Å². The highest BCUT2D eigenvalue weighted by atomic mass is 16.4. The summed E-state index contributed by atoms with van der Waals surface area (Å²) in [5.74, 6) is -0.701. The van der Waals surface area contributed by atoms with E-state index in [1.54, 1.807) is 0 Å². The van der Waals surface area contributed by atoms with E-state index >= 15 is 0 Å². The van der Waals surface area contributed by atoms with Crippen LogP contribution in [0.2, 0.25) is 0 Å². The molecule has 1 aromatic rings. The topological polar surface area (TPSA) is 37.3 Å². The highest BCUT2D eigenvalue weighted by molar-refractivity contribution is 5.73. The van der Waals surface area contributed by atoms with Gasteiger partial charge in [0.2, 0.25) is 0 Å². The zero-order chi connectivity index (χ0) is 18.5. The lowest BCUT2D eigenvalue weighted by Crippen LogP contribution is -2.23. The Balaban J connectivity index is 2.80. The van der Waals surface area contributed by atoms with E-state index < -0.39 is 11.4 Å². The van der Waals surface area contributed by atoms with Crippen LogP contribution in [0.3, 0.4) is 0 Å². The first-order valence-corrected chi connectivity index (χ1v) is 9.25. The summed E-state index contributed by atoms with van der Waals surface area (Å²) in [5, 5.41) is 9.27. The fourth-order valence-corrected chi connectivity index (χ4v) is 3.29. The zero-order valence-electron chi connectivity index (χ0n) is 16.8. The fraction of sp³-hybridized carbons (Fsp3) is 0.682. The van der Waals surface area contributed by atoms with E-state index in [0.29, 0.717) is 5.41 Å². The SMILES string of the molecule is Cc1cc(C)c(CCCC(C)(C)C)c(CCCC(C)(C)C(=O)O)c1. The van der Waals surface area contributed by atoms with Crippen molar-refractivity contribution in [3.05, 3.63) is 34.4 Å². The fourth-order valence-electron chi connectivity index (χ4n) is 3.29. The van der Waals surface area contributed by atoms with E-state index in [-0.39, 0.29) is 0 Å². The first kappa shape index (κ1) is 20.7. The van der Waals surface area contributed by atoms with Gasteiger partial charge in [0.05, 0.1) is 5.41 Å². The number of carbonyl (C=O) groups is 1. The summed E-state index contributed by atoms with van der Waals surface area (Å²) >= 11 is 0. The van der Waals surface area contributed by atoms with Crippen molar-refractivity contribution >= 4 is 5.97 Å². The van der Waals surface area contributed by atoms with Crippen LogP contribution in [0.1, 0.15) is 82.6 Å². The van der Waals surface area contributed by atoms with Gasteiger partial charge in [-0.25, -0.2) is 0 Å².